The summed E-state index contributed by atoms with van der Waals surface area (Å²) < 4.78 is 1.87. The predicted octanol–water partition coefficient (Wildman–Crippen LogP) is 4.22. The standard InChI is InChI=1S/C28H24N4O3/c1-18-25(19(2)32(30-18)22-11-4-3-5-12-22)16-29-26(33)21-10-8-9-20(15-21)17-31-27(34)23-13-6-7-14-24(23)28(31)35/h3-15H,16-17H2,1-2H3,(H,29,33). The third kappa shape index (κ3) is 4.12. The second kappa shape index (κ2) is 9.02. The molecule has 7 heteroatoms. The summed E-state index contributed by atoms with van der Waals surface area (Å²) in [5.41, 5.74) is 5.73. The predicted molar refractivity (Wildman–Crippen MR) is 131 cm³/mol. The highest BCUT2D eigenvalue weighted by molar-refractivity contribution is 6.21. The first-order chi connectivity index (χ1) is 16.9. The number of benzene rings is 3. The minimum atomic E-state index is -0.318. The Kier molecular flexibility index (Phi) is 5.74. The van der Waals surface area contributed by atoms with Crippen molar-refractivity contribution < 1.29 is 14.4 Å². The van der Waals surface area contributed by atoms with E-state index in [0.29, 0.717) is 28.8 Å². The Morgan fingerprint density at radius 1 is 0.857 bits per heavy atom. The van der Waals surface area contributed by atoms with E-state index < -0.39 is 0 Å². The van der Waals surface area contributed by atoms with E-state index in [-0.39, 0.29) is 24.3 Å². The largest absolute Gasteiger partial charge is 0.348 e. The van der Waals surface area contributed by atoms with Gasteiger partial charge in [-0.3, -0.25) is 19.3 Å². The van der Waals surface area contributed by atoms with Gasteiger partial charge in [0.25, 0.3) is 17.7 Å². The van der Waals surface area contributed by atoms with Gasteiger partial charge in [-0.2, -0.15) is 5.10 Å². The molecule has 0 atom stereocenters. The summed E-state index contributed by atoms with van der Waals surface area (Å²) in [6, 6.07) is 23.6. The van der Waals surface area contributed by atoms with Crippen molar-refractivity contribution in [3.05, 3.63) is 118 Å². The second-order valence-electron chi connectivity index (χ2n) is 8.52. The van der Waals surface area contributed by atoms with E-state index in [2.05, 4.69) is 10.4 Å². The molecule has 7 nitrogen and oxygen atoms in total. The number of hydrogen-bond acceptors (Lipinski definition) is 4. The molecule has 35 heavy (non-hydrogen) atoms. The van der Waals surface area contributed by atoms with Gasteiger partial charge in [-0.15, -0.1) is 0 Å². The topological polar surface area (TPSA) is 84.3 Å². The maximum Gasteiger partial charge on any atom is 0.261 e. The molecule has 4 aromatic rings. The molecule has 0 radical (unpaired) electrons. The molecule has 1 N–H and O–H groups in total. The first-order valence-corrected chi connectivity index (χ1v) is 11.4. The Bertz CT molecular complexity index is 1420. The van der Waals surface area contributed by atoms with Gasteiger partial charge in [0.2, 0.25) is 0 Å². The van der Waals surface area contributed by atoms with Crippen molar-refractivity contribution in [1.82, 2.24) is 20.0 Å². The zero-order chi connectivity index (χ0) is 24.5. The maximum absolute atomic E-state index is 12.9. The number of para-hydroxylation sites is 1. The van der Waals surface area contributed by atoms with E-state index in [9.17, 15) is 14.4 Å². The van der Waals surface area contributed by atoms with E-state index >= 15 is 0 Å². The summed E-state index contributed by atoms with van der Waals surface area (Å²) in [4.78, 5) is 39.5. The fourth-order valence-electron chi connectivity index (χ4n) is 4.40. The fourth-order valence-corrected chi connectivity index (χ4v) is 4.40. The molecule has 0 aliphatic carbocycles. The maximum atomic E-state index is 12.9. The number of fused-ring (bicyclic) bond motifs is 1. The number of nitrogens with zero attached hydrogens (tertiary/aromatic N) is 3. The third-order valence-electron chi connectivity index (χ3n) is 6.28. The summed E-state index contributed by atoms with van der Waals surface area (Å²) in [5, 5.41) is 7.60. The van der Waals surface area contributed by atoms with Crippen molar-refractivity contribution in [1.29, 1.82) is 0 Å². The molecule has 0 spiro atoms. The highest BCUT2D eigenvalue weighted by atomic mass is 16.2. The second-order valence-corrected chi connectivity index (χ2v) is 8.52. The molecule has 1 aromatic heterocycles. The molecule has 0 bridgehead atoms. The van der Waals surface area contributed by atoms with E-state index in [0.717, 1.165) is 22.6 Å². The van der Waals surface area contributed by atoms with Crippen LogP contribution in [0.5, 0.6) is 0 Å². The SMILES string of the molecule is Cc1nn(-c2ccccc2)c(C)c1CNC(=O)c1cccc(CN2C(=O)c3ccccc3C2=O)c1. The van der Waals surface area contributed by atoms with Crippen LogP contribution >= 0.6 is 0 Å². The van der Waals surface area contributed by atoms with Gasteiger partial charge in [0.15, 0.2) is 0 Å². The number of aryl methyl sites for hydroxylation is 1. The molecule has 1 aliphatic rings. The lowest BCUT2D eigenvalue weighted by atomic mass is 10.1. The number of hydrogen-bond donors (Lipinski definition) is 1. The van der Waals surface area contributed by atoms with Crippen molar-refractivity contribution in [2.24, 2.45) is 0 Å². The number of nitrogens with one attached hydrogen (secondary N) is 1. The molecule has 174 valence electrons. The first-order valence-electron chi connectivity index (χ1n) is 11.4. The lowest BCUT2D eigenvalue weighted by molar-refractivity contribution is 0.0642. The molecule has 5 rings (SSSR count). The van der Waals surface area contributed by atoms with Crippen LogP contribution in [0.25, 0.3) is 5.69 Å². The van der Waals surface area contributed by atoms with Crippen LogP contribution in [0.1, 0.15) is 53.6 Å². The van der Waals surface area contributed by atoms with Crippen LogP contribution in [0.15, 0.2) is 78.9 Å². The van der Waals surface area contributed by atoms with Crippen LogP contribution in [0.2, 0.25) is 0 Å². The molecule has 0 saturated carbocycles. The van der Waals surface area contributed by atoms with Gasteiger partial charge in [0.05, 0.1) is 29.1 Å². The van der Waals surface area contributed by atoms with Gasteiger partial charge in [0.1, 0.15) is 0 Å². The minimum absolute atomic E-state index is 0.107. The van der Waals surface area contributed by atoms with Gasteiger partial charge in [-0.1, -0.05) is 42.5 Å². The van der Waals surface area contributed by atoms with E-state index in [1.54, 1.807) is 48.5 Å². The molecule has 1 aliphatic heterocycles. The summed E-state index contributed by atoms with van der Waals surface area (Å²) >= 11 is 0. The molecule has 2 heterocycles. The van der Waals surface area contributed by atoms with Gasteiger partial charge in [0, 0.05) is 23.4 Å². The van der Waals surface area contributed by atoms with Crippen LogP contribution in [0.4, 0.5) is 0 Å². The molecule has 0 saturated heterocycles. The Labute approximate surface area is 203 Å². The van der Waals surface area contributed by atoms with Crippen molar-refractivity contribution in [2.75, 3.05) is 0 Å². The van der Waals surface area contributed by atoms with Crippen molar-refractivity contribution in [3.63, 3.8) is 0 Å². The lowest BCUT2D eigenvalue weighted by Crippen LogP contribution is -2.29. The highest BCUT2D eigenvalue weighted by Gasteiger charge is 2.35. The van der Waals surface area contributed by atoms with Crippen LogP contribution in [0.3, 0.4) is 0 Å². The average molecular weight is 465 g/mol. The van der Waals surface area contributed by atoms with Crippen molar-refractivity contribution in [3.8, 4) is 5.69 Å². The summed E-state index contributed by atoms with van der Waals surface area (Å²) in [6.07, 6.45) is 0. The normalized spacial score (nSPS) is 12.7. The minimum Gasteiger partial charge on any atom is -0.348 e. The summed E-state index contributed by atoms with van der Waals surface area (Å²) in [5.74, 6) is -0.871. The monoisotopic (exact) mass is 464 g/mol. The number of carbonyl (C=O) groups is 3. The Hall–Kier alpha value is -4.52. The fraction of sp³-hybridized carbons (Fsp3) is 0.143. The van der Waals surface area contributed by atoms with Crippen molar-refractivity contribution in [2.45, 2.75) is 26.9 Å². The van der Waals surface area contributed by atoms with E-state index in [1.165, 1.54) is 4.90 Å². The smallest absolute Gasteiger partial charge is 0.261 e. The van der Waals surface area contributed by atoms with Crippen LogP contribution in [-0.2, 0) is 13.1 Å². The molecule has 0 unspecified atom stereocenters. The van der Waals surface area contributed by atoms with Crippen LogP contribution < -0.4 is 5.32 Å². The number of amides is 3. The number of carbonyl (C=O) groups excluding carboxylic acids is 3. The Balaban J connectivity index is 1.29. The number of aromatic nitrogens is 2. The van der Waals surface area contributed by atoms with E-state index in [4.69, 9.17) is 0 Å². The van der Waals surface area contributed by atoms with Crippen LogP contribution in [0, 0.1) is 13.8 Å². The molecule has 0 fully saturated rings. The van der Waals surface area contributed by atoms with Gasteiger partial charge in [-0.25, -0.2) is 4.68 Å². The highest BCUT2D eigenvalue weighted by Crippen LogP contribution is 2.24. The lowest BCUT2D eigenvalue weighted by Gasteiger charge is -2.14. The molecule has 3 amide bonds. The zero-order valence-electron chi connectivity index (χ0n) is 19.5. The van der Waals surface area contributed by atoms with Gasteiger partial charge < -0.3 is 5.32 Å². The van der Waals surface area contributed by atoms with Crippen LogP contribution in [-0.4, -0.2) is 32.4 Å². The molecular weight excluding hydrogens is 440 g/mol. The zero-order valence-corrected chi connectivity index (χ0v) is 19.5. The van der Waals surface area contributed by atoms with Gasteiger partial charge in [-0.05, 0) is 55.8 Å². The number of rotatable bonds is 6. The molecule has 3 aromatic carbocycles. The first kappa shape index (κ1) is 22.3. The Morgan fingerprint density at radius 2 is 1.51 bits per heavy atom. The van der Waals surface area contributed by atoms with Crippen molar-refractivity contribution >= 4 is 17.7 Å². The van der Waals surface area contributed by atoms with E-state index in [1.807, 2.05) is 48.9 Å². The molecular formula is C28H24N4O3. The average Bonchev–Trinajstić information content (AvgIpc) is 3.30. The Morgan fingerprint density at radius 3 is 2.20 bits per heavy atom. The van der Waals surface area contributed by atoms with Gasteiger partial charge >= 0.3 is 0 Å². The summed E-state index contributed by atoms with van der Waals surface area (Å²) in [7, 11) is 0. The third-order valence-corrected chi connectivity index (χ3v) is 6.28. The number of imide groups is 1. The quantitative estimate of drug-likeness (QED) is 0.433. The summed E-state index contributed by atoms with van der Waals surface area (Å²) in [6.45, 7) is 4.36.